The Bertz CT molecular complexity index is 1120. The number of ether oxygens (including phenoxy) is 2. The number of halogens is 3. The van der Waals surface area contributed by atoms with Crippen LogP contribution in [0.5, 0.6) is 11.5 Å². The van der Waals surface area contributed by atoms with Crippen LogP contribution in [0, 0.1) is 0 Å². The van der Waals surface area contributed by atoms with Gasteiger partial charge >= 0.3 is 6.36 Å². The third kappa shape index (κ3) is 6.11. The number of anilines is 2. The maximum Gasteiger partial charge on any atom is 0.573 e. The summed E-state index contributed by atoms with van der Waals surface area (Å²) in [4.78, 5) is 23.5. The lowest BCUT2D eigenvalue weighted by Crippen LogP contribution is -2.34. The maximum absolute atomic E-state index is 12.2. The fraction of sp³-hybridized carbons (Fsp3) is 0.263. The molecule has 1 aliphatic heterocycles. The number of benzene rings is 2. The second-order valence-electron chi connectivity index (χ2n) is 6.68. The third-order valence-corrected chi connectivity index (χ3v) is 5.68. The summed E-state index contributed by atoms with van der Waals surface area (Å²) in [5.41, 5.74) is 0.764. The van der Waals surface area contributed by atoms with Crippen molar-refractivity contribution in [3.05, 3.63) is 42.5 Å². The lowest BCUT2D eigenvalue weighted by Gasteiger charge is -2.23. The van der Waals surface area contributed by atoms with Crippen LogP contribution in [0.4, 0.5) is 24.5 Å². The first-order valence-corrected chi connectivity index (χ1v) is 10.7. The van der Waals surface area contributed by atoms with Crippen molar-refractivity contribution >= 4 is 33.2 Å². The van der Waals surface area contributed by atoms with Crippen LogP contribution >= 0.6 is 0 Å². The molecule has 32 heavy (non-hydrogen) atoms. The number of rotatable bonds is 7. The Morgan fingerprint density at radius 3 is 2.53 bits per heavy atom. The summed E-state index contributed by atoms with van der Waals surface area (Å²) in [6.45, 7) is 1.34. The van der Waals surface area contributed by atoms with E-state index in [0.29, 0.717) is 17.1 Å². The SMILES string of the molecule is C[C@H]1Oc2ccc(NC(=O)CCNS(=O)(=O)c3ccc(OC(F)(F)F)cc3)cc2NC1=O. The number of carbonyl (C=O) groups is 2. The lowest BCUT2D eigenvalue weighted by molar-refractivity contribution is -0.274. The van der Waals surface area contributed by atoms with Crippen LogP contribution in [-0.4, -0.2) is 39.2 Å². The highest BCUT2D eigenvalue weighted by Crippen LogP contribution is 2.32. The van der Waals surface area contributed by atoms with E-state index in [1.807, 2.05) is 0 Å². The van der Waals surface area contributed by atoms with Gasteiger partial charge in [0.1, 0.15) is 11.5 Å². The second-order valence-corrected chi connectivity index (χ2v) is 8.44. The molecule has 2 aromatic carbocycles. The molecule has 1 heterocycles. The molecule has 2 aromatic rings. The highest BCUT2D eigenvalue weighted by molar-refractivity contribution is 7.89. The largest absolute Gasteiger partial charge is 0.573 e. The summed E-state index contributed by atoms with van der Waals surface area (Å²) in [5, 5.41) is 5.21. The number of hydrogen-bond acceptors (Lipinski definition) is 6. The zero-order valence-corrected chi connectivity index (χ0v) is 17.3. The second kappa shape index (κ2) is 9.04. The first-order chi connectivity index (χ1) is 14.9. The molecule has 0 aliphatic carbocycles. The van der Waals surface area contributed by atoms with Crippen molar-refractivity contribution in [2.24, 2.45) is 0 Å². The molecule has 0 saturated carbocycles. The molecule has 9 nitrogen and oxygen atoms in total. The van der Waals surface area contributed by atoms with Gasteiger partial charge in [0.15, 0.2) is 6.10 Å². The van der Waals surface area contributed by atoms with Crippen LogP contribution in [0.25, 0.3) is 0 Å². The van der Waals surface area contributed by atoms with Crippen molar-refractivity contribution in [1.82, 2.24) is 4.72 Å². The Morgan fingerprint density at radius 1 is 1.19 bits per heavy atom. The van der Waals surface area contributed by atoms with Gasteiger partial charge in [-0.15, -0.1) is 13.2 Å². The molecule has 1 aliphatic rings. The predicted molar refractivity (Wildman–Crippen MR) is 107 cm³/mol. The monoisotopic (exact) mass is 473 g/mol. The zero-order valence-electron chi connectivity index (χ0n) is 16.5. The minimum Gasteiger partial charge on any atom is -0.479 e. The highest BCUT2D eigenvalue weighted by atomic mass is 32.2. The summed E-state index contributed by atoms with van der Waals surface area (Å²) in [7, 11) is -4.04. The van der Waals surface area contributed by atoms with E-state index in [-0.39, 0.29) is 23.8 Å². The minimum atomic E-state index is -4.89. The number of amides is 2. The Hall–Kier alpha value is -3.32. The summed E-state index contributed by atoms with van der Waals surface area (Å²) in [6.07, 6.45) is -5.74. The van der Waals surface area contributed by atoms with Crippen molar-refractivity contribution in [2.45, 2.75) is 30.7 Å². The van der Waals surface area contributed by atoms with Gasteiger partial charge in [0, 0.05) is 18.7 Å². The first kappa shape index (κ1) is 23.3. The van der Waals surface area contributed by atoms with Gasteiger partial charge in [0.25, 0.3) is 5.91 Å². The van der Waals surface area contributed by atoms with E-state index in [0.717, 1.165) is 24.3 Å². The number of sulfonamides is 1. The summed E-state index contributed by atoms with van der Waals surface area (Å²) in [6, 6.07) is 8.29. The van der Waals surface area contributed by atoms with Gasteiger partial charge in [-0.25, -0.2) is 13.1 Å². The topological polar surface area (TPSA) is 123 Å². The van der Waals surface area contributed by atoms with E-state index >= 15 is 0 Å². The fourth-order valence-corrected chi connectivity index (χ4v) is 3.74. The molecule has 13 heteroatoms. The zero-order chi connectivity index (χ0) is 23.5. The fourth-order valence-electron chi connectivity index (χ4n) is 2.71. The van der Waals surface area contributed by atoms with Crippen LogP contribution in [-0.2, 0) is 19.6 Å². The minimum absolute atomic E-state index is 0.217. The van der Waals surface area contributed by atoms with Crippen LogP contribution in [0.15, 0.2) is 47.4 Å². The standard InChI is InChI=1S/C19H18F3N3O6S/c1-11-18(27)25-15-10-12(2-7-16(15)30-11)24-17(26)8-9-23-32(28,29)14-5-3-13(4-6-14)31-19(20,21)22/h2-7,10-11,23H,8-9H2,1H3,(H,24,26)(H,25,27)/t11-/m1/s1. The molecule has 0 bridgehead atoms. The lowest BCUT2D eigenvalue weighted by atomic mass is 10.2. The Labute approximate surface area is 180 Å². The van der Waals surface area contributed by atoms with E-state index in [4.69, 9.17) is 4.74 Å². The molecule has 172 valence electrons. The van der Waals surface area contributed by atoms with Gasteiger partial charge in [-0.1, -0.05) is 0 Å². The number of hydrogen-bond donors (Lipinski definition) is 3. The summed E-state index contributed by atoms with van der Waals surface area (Å²) >= 11 is 0. The molecule has 0 radical (unpaired) electrons. The predicted octanol–water partition coefficient (Wildman–Crippen LogP) is 2.61. The van der Waals surface area contributed by atoms with Crippen LogP contribution in [0.1, 0.15) is 13.3 Å². The highest BCUT2D eigenvalue weighted by Gasteiger charge is 2.31. The molecule has 1 atom stereocenters. The number of fused-ring (bicyclic) bond motifs is 1. The van der Waals surface area contributed by atoms with Crippen molar-refractivity contribution in [3.63, 3.8) is 0 Å². The van der Waals surface area contributed by atoms with Crippen molar-refractivity contribution < 1.29 is 40.7 Å². The van der Waals surface area contributed by atoms with Gasteiger partial charge in [0.2, 0.25) is 15.9 Å². The molecular weight excluding hydrogens is 455 g/mol. The molecule has 0 saturated heterocycles. The average molecular weight is 473 g/mol. The Balaban J connectivity index is 1.52. The summed E-state index contributed by atoms with van der Waals surface area (Å²) < 4.78 is 72.3. The van der Waals surface area contributed by atoms with Gasteiger partial charge in [-0.2, -0.15) is 0 Å². The molecule has 0 unspecified atom stereocenters. The normalized spacial score (nSPS) is 15.9. The molecule has 0 aromatic heterocycles. The molecule has 0 fully saturated rings. The van der Waals surface area contributed by atoms with Gasteiger partial charge in [0.05, 0.1) is 10.6 Å². The van der Waals surface area contributed by atoms with Crippen LogP contribution in [0.2, 0.25) is 0 Å². The summed E-state index contributed by atoms with van der Waals surface area (Å²) in [5.74, 6) is -0.933. The Kier molecular flexibility index (Phi) is 6.60. The van der Waals surface area contributed by atoms with E-state index < -0.39 is 34.1 Å². The van der Waals surface area contributed by atoms with E-state index in [1.54, 1.807) is 19.1 Å². The molecular formula is C19H18F3N3O6S. The smallest absolute Gasteiger partial charge is 0.479 e. The van der Waals surface area contributed by atoms with E-state index in [1.165, 1.54) is 6.07 Å². The third-order valence-electron chi connectivity index (χ3n) is 4.21. The van der Waals surface area contributed by atoms with Crippen molar-refractivity contribution in [3.8, 4) is 11.5 Å². The molecule has 3 N–H and O–H groups in total. The van der Waals surface area contributed by atoms with Crippen molar-refractivity contribution in [1.29, 1.82) is 0 Å². The van der Waals surface area contributed by atoms with Gasteiger partial charge in [-0.3, -0.25) is 9.59 Å². The molecule has 0 spiro atoms. The van der Waals surface area contributed by atoms with Crippen molar-refractivity contribution in [2.75, 3.05) is 17.2 Å². The van der Waals surface area contributed by atoms with Gasteiger partial charge in [-0.05, 0) is 49.4 Å². The Morgan fingerprint density at radius 2 is 1.88 bits per heavy atom. The van der Waals surface area contributed by atoms with E-state index in [2.05, 4.69) is 20.1 Å². The number of nitrogens with one attached hydrogen (secondary N) is 3. The average Bonchev–Trinajstić information content (AvgIpc) is 2.68. The van der Waals surface area contributed by atoms with Crippen LogP contribution < -0.4 is 24.8 Å². The van der Waals surface area contributed by atoms with Crippen LogP contribution in [0.3, 0.4) is 0 Å². The number of alkyl halides is 3. The van der Waals surface area contributed by atoms with Gasteiger partial charge < -0.3 is 20.1 Å². The molecule has 3 rings (SSSR count). The maximum atomic E-state index is 12.2. The number of carbonyl (C=O) groups excluding carboxylic acids is 2. The quantitative estimate of drug-likeness (QED) is 0.568. The first-order valence-electron chi connectivity index (χ1n) is 9.20. The van der Waals surface area contributed by atoms with E-state index in [9.17, 15) is 31.2 Å². The molecule has 2 amide bonds.